The van der Waals surface area contributed by atoms with Crippen LogP contribution in [0.4, 0.5) is 5.69 Å². The number of imidazole rings is 1. The molecule has 6 rings (SSSR count). The Morgan fingerprint density at radius 3 is 2.33 bits per heavy atom. The third-order valence-corrected chi connectivity index (χ3v) is 9.33. The van der Waals surface area contributed by atoms with E-state index < -0.39 is 0 Å². The number of thiazole rings is 1. The van der Waals surface area contributed by atoms with Crippen LogP contribution >= 0.6 is 23.1 Å². The van der Waals surface area contributed by atoms with E-state index in [0.717, 1.165) is 34.3 Å². The first-order valence-electron chi connectivity index (χ1n) is 13.4. The number of aromatic nitrogens is 3. The first-order valence-corrected chi connectivity index (χ1v) is 15.0. The Labute approximate surface area is 259 Å². The van der Waals surface area contributed by atoms with Crippen LogP contribution < -0.4 is 49.8 Å². The van der Waals surface area contributed by atoms with Gasteiger partial charge in [-0.2, -0.15) is 4.57 Å². The normalized spacial score (nSPS) is 14.8. The fourth-order valence-corrected chi connectivity index (χ4v) is 7.56. The first kappa shape index (κ1) is 28.4. The fraction of sp³-hybridized carbons (Fsp3) is 0.188. The van der Waals surface area contributed by atoms with Crippen LogP contribution in [0, 0.1) is 0 Å². The molecule has 0 radical (unpaired) electrons. The highest BCUT2D eigenvalue weighted by Crippen LogP contribution is 2.45. The van der Waals surface area contributed by atoms with Crippen LogP contribution in [0.15, 0.2) is 99.7 Å². The van der Waals surface area contributed by atoms with E-state index >= 15 is 0 Å². The molecule has 1 aliphatic heterocycles. The summed E-state index contributed by atoms with van der Waals surface area (Å²) in [5.41, 5.74) is 4.29. The molecule has 5 nitrogen and oxygen atoms in total. The number of aryl methyl sites for hydroxylation is 1. The molecule has 3 aromatic carbocycles. The topological polar surface area (TPSA) is 34.0 Å². The number of hydrogen-bond acceptors (Lipinski definition) is 4. The molecule has 40 heavy (non-hydrogen) atoms. The molecule has 3 heterocycles. The molecule has 0 bridgehead atoms. The van der Waals surface area contributed by atoms with Crippen molar-refractivity contribution in [3.63, 3.8) is 0 Å². The molecular weight excluding hydrogens is 647 g/mol. The van der Waals surface area contributed by atoms with E-state index in [1.54, 1.807) is 23.1 Å². The summed E-state index contributed by atoms with van der Waals surface area (Å²) in [6.45, 7) is 8.67. The Bertz CT molecular complexity index is 1890. The Kier molecular flexibility index (Phi) is 8.68. The van der Waals surface area contributed by atoms with Gasteiger partial charge in [0.05, 0.1) is 16.8 Å². The van der Waals surface area contributed by atoms with Crippen molar-refractivity contribution in [2.24, 2.45) is 0 Å². The van der Waals surface area contributed by atoms with Gasteiger partial charge in [0.25, 0.3) is 10.6 Å². The molecule has 0 N–H and O–H groups in total. The van der Waals surface area contributed by atoms with E-state index in [-0.39, 0.29) is 29.5 Å². The van der Waals surface area contributed by atoms with Gasteiger partial charge in [0, 0.05) is 29.7 Å². The largest absolute Gasteiger partial charge is 1.00 e. The molecule has 8 heteroatoms. The molecule has 5 aromatic rings. The highest BCUT2D eigenvalue weighted by Gasteiger charge is 2.23. The predicted octanol–water partition coefficient (Wildman–Crippen LogP) is 2.27. The summed E-state index contributed by atoms with van der Waals surface area (Å²) in [5.74, 6) is 0. The number of hydrogen-bond donors (Lipinski definition) is 0. The maximum atomic E-state index is 13.9. The lowest BCUT2D eigenvalue weighted by Crippen LogP contribution is -3.00. The smallest absolute Gasteiger partial charge is 0.276 e. The van der Waals surface area contributed by atoms with Gasteiger partial charge < -0.3 is 28.9 Å². The molecule has 0 amide bonds. The highest BCUT2D eigenvalue weighted by atomic mass is 127. The second kappa shape index (κ2) is 12.2. The van der Waals surface area contributed by atoms with Crippen LogP contribution in [-0.4, -0.2) is 15.7 Å². The van der Waals surface area contributed by atoms with Crippen LogP contribution in [0.2, 0.25) is 0 Å². The van der Waals surface area contributed by atoms with Crippen molar-refractivity contribution >= 4 is 51.2 Å². The van der Waals surface area contributed by atoms with E-state index in [1.165, 1.54) is 20.8 Å². The summed E-state index contributed by atoms with van der Waals surface area (Å²) < 4.78 is 7.55. The second-order valence-electron chi connectivity index (χ2n) is 9.25. The number of halogens is 1. The first-order chi connectivity index (χ1) is 19.1. The van der Waals surface area contributed by atoms with Gasteiger partial charge in [-0.1, -0.05) is 65.6 Å². The van der Waals surface area contributed by atoms with Gasteiger partial charge in [-0.25, -0.2) is 0 Å². The zero-order valence-electron chi connectivity index (χ0n) is 22.8. The molecule has 0 saturated heterocycles. The average Bonchev–Trinajstić information content (AvgIpc) is 3.60. The summed E-state index contributed by atoms with van der Waals surface area (Å²) in [4.78, 5) is 17.5. The number of thioether (sulfide) groups is 1. The zero-order chi connectivity index (χ0) is 26.9. The van der Waals surface area contributed by atoms with Gasteiger partial charge in [-0.05, 0) is 63.3 Å². The average molecular weight is 679 g/mol. The van der Waals surface area contributed by atoms with Gasteiger partial charge in [-0.15, -0.1) is 0 Å². The van der Waals surface area contributed by atoms with Crippen molar-refractivity contribution in [1.29, 1.82) is 0 Å². The predicted molar refractivity (Wildman–Crippen MR) is 164 cm³/mol. The minimum absolute atomic E-state index is 0. The molecule has 0 atom stereocenters. The Hall–Kier alpha value is -3.08. The standard InChI is InChI=1S/C32H31N4OS2.HI/c1-4-33-24-16-10-12-18-27(24)38-30(33)21-20-26-32(37)35(6-3)29(36(26)23-14-8-7-9-15-23)22-31-34(5-2)25-17-11-13-19-28(25)39-31;/h7-22H,4-6H2,1-3H3;1H/q+1;/p-1. The number of rotatable bonds is 6. The third-order valence-electron chi connectivity index (χ3n) is 7.08. The molecule has 2 aromatic heterocycles. The Morgan fingerprint density at radius 1 is 0.850 bits per heavy atom. The summed E-state index contributed by atoms with van der Waals surface area (Å²) in [5, 5.41) is 2.90. The maximum absolute atomic E-state index is 13.9. The van der Waals surface area contributed by atoms with Crippen molar-refractivity contribution < 1.29 is 28.5 Å². The van der Waals surface area contributed by atoms with Gasteiger partial charge in [-0.3, -0.25) is 13.9 Å². The Balaban J connectivity index is 0.00000323. The van der Waals surface area contributed by atoms with E-state index in [9.17, 15) is 4.79 Å². The molecule has 0 saturated carbocycles. The Morgan fingerprint density at radius 2 is 1.57 bits per heavy atom. The quantitative estimate of drug-likeness (QED) is 0.204. The number of para-hydroxylation sites is 3. The molecule has 1 aliphatic rings. The lowest BCUT2D eigenvalue weighted by atomic mass is 10.3. The SMILES string of the molecule is CCN1C(=CC=c2c(=O)n(CC)c(=Cc3sc4ccccc4[n+]3CC)n2-c2ccccc2)Sc2ccccc21.[I-]. The lowest BCUT2D eigenvalue weighted by Gasteiger charge is -2.17. The number of anilines is 1. The van der Waals surface area contributed by atoms with Crippen molar-refractivity contribution in [2.45, 2.75) is 38.8 Å². The number of fused-ring (bicyclic) bond motifs is 2. The molecule has 0 unspecified atom stereocenters. The van der Waals surface area contributed by atoms with Gasteiger partial charge in [0.2, 0.25) is 5.52 Å². The number of benzene rings is 3. The van der Waals surface area contributed by atoms with Gasteiger partial charge in [0.1, 0.15) is 22.1 Å². The van der Waals surface area contributed by atoms with Crippen LogP contribution in [0.5, 0.6) is 0 Å². The molecule has 0 fully saturated rings. The van der Waals surface area contributed by atoms with Gasteiger partial charge in [0.15, 0.2) is 0 Å². The van der Waals surface area contributed by atoms with E-state index in [2.05, 4.69) is 101 Å². The lowest BCUT2D eigenvalue weighted by molar-refractivity contribution is -0.665. The van der Waals surface area contributed by atoms with Crippen molar-refractivity contribution in [3.05, 3.63) is 116 Å². The number of allylic oxidation sites excluding steroid dienone is 1. The van der Waals surface area contributed by atoms with Crippen LogP contribution in [0.3, 0.4) is 0 Å². The summed E-state index contributed by atoms with van der Waals surface area (Å²) >= 11 is 3.51. The zero-order valence-corrected chi connectivity index (χ0v) is 26.5. The van der Waals surface area contributed by atoms with E-state index in [1.807, 2.05) is 35.8 Å². The molecule has 0 aliphatic carbocycles. The second-order valence-corrected chi connectivity index (χ2v) is 11.4. The fourth-order valence-electron chi connectivity index (χ4n) is 5.27. The molecule has 204 valence electrons. The summed E-state index contributed by atoms with van der Waals surface area (Å²) in [6, 6.07) is 27.1. The van der Waals surface area contributed by atoms with Crippen molar-refractivity contribution in [3.8, 4) is 5.69 Å². The molecular formula is C32H31IN4OS2. The maximum Gasteiger partial charge on any atom is 0.276 e. The van der Waals surface area contributed by atoms with Crippen LogP contribution in [-0.2, 0) is 13.1 Å². The van der Waals surface area contributed by atoms with Crippen molar-refractivity contribution in [1.82, 2.24) is 9.13 Å². The third kappa shape index (κ3) is 4.97. The highest BCUT2D eigenvalue weighted by molar-refractivity contribution is 8.03. The van der Waals surface area contributed by atoms with Crippen molar-refractivity contribution in [2.75, 3.05) is 11.4 Å². The van der Waals surface area contributed by atoms with Crippen LogP contribution in [0.1, 0.15) is 25.8 Å². The molecule has 0 spiro atoms. The van der Waals surface area contributed by atoms with E-state index in [4.69, 9.17) is 0 Å². The summed E-state index contributed by atoms with van der Waals surface area (Å²) in [6.07, 6.45) is 6.27. The summed E-state index contributed by atoms with van der Waals surface area (Å²) in [7, 11) is 0. The minimum Gasteiger partial charge on any atom is -1.00 e. The van der Waals surface area contributed by atoms with E-state index in [0.29, 0.717) is 11.9 Å². The number of nitrogens with zero attached hydrogens (tertiary/aromatic N) is 4. The van der Waals surface area contributed by atoms with Crippen LogP contribution in [0.25, 0.3) is 28.1 Å². The monoisotopic (exact) mass is 678 g/mol. The minimum atomic E-state index is 0. The van der Waals surface area contributed by atoms with Gasteiger partial charge >= 0.3 is 0 Å².